The van der Waals surface area contributed by atoms with Gasteiger partial charge in [0.25, 0.3) is 0 Å². The Morgan fingerprint density at radius 2 is 0.803 bits per heavy atom. The first kappa shape index (κ1) is 37.1. The van der Waals surface area contributed by atoms with Crippen LogP contribution in [0.25, 0.3) is 126 Å². The van der Waals surface area contributed by atoms with E-state index in [0.29, 0.717) is 0 Å². The Kier molecular flexibility index (Phi) is 7.81. The molecule has 66 heavy (non-hydrogen) atoms. The van der Waals surface area contributed by atoms with Crippen LogP contribution in [0.15, 0.2) is 224 Å². The van der Waals surface area contributed by atoms with Gasteiger partial charge in [0.1, 0.15) is 0 Å². The van der Waals surface area contributed by atoms with Gasteiger partial charge in [-0.15, -0.1) is 0 Å². The Labute approximate surface area is 383 Å². The minimum absolute atomic E-state index is 0.153. The van der Waals surface area contributed by atoms with Gasteiger partial charge in [-0.2, -0.15) is 0 Å². The molecule has 1 heterocycles. The summed E-state index contributed by atoms with van der Waals surface area (Å²) in [7, 11) is 0. The molecule has 1 heteroatoms. The highest BCUT2D eigenvalue weighted by Gasteiger charge is 2.38. The van der Waals surface area contributed by atoms with Crippen molar-refractivity contribution in [1.29, 1.82) is 0 Å². The van der Waals surface area contributed by atoms with Crippen molar-refractivity contribution in [2.24, 2.45) is 0 Å². The molecule has 0 spiro atoms. The van der Waals surface area contributed by atoms with Crippen LogP contribution in [0.4, 0.5) is 0 Å². The fourth-order valence-electron chi connectivity index (χ4n) is 12.0. The lowest BCUT2D eigenvalue weighted by atomic mass is 9.78. The average Bonchev–Trinajstić information content (AvgIpc) is 3.82. The lowest BCUT2D eigenvalue weighted by Crippen LogP contribution is -2.15. The number of hydrogen-bond acceptors (Lipinski definition) is 0. The number of fused-ring (bicyclic) bond motifs is 14. The molecule has 1 nitrogen and oxygen atoms in total. The van der Waals surface area contributed by atoms with Gasteiger partial charge in [0.05, 0.1) is 11.0 Å². The van der Waals surface area contributed by atoms with Crippen LogP contribution in [-0.2, 0) is 5.41 Å². The number of rotatable bonds is 4. The molecule has 1 aliphatic rings. The van der Waals surface area contributed by atoms with Crippen LogP contribution in [-0.4, -0.2) is 4.57 Å². The molecule has 1 aliphatic carbocycles. The highest BCUT2D eigenvalue weighted by molar-refractivity contribution is 6.23. The first-order chi connectivity index (χ1) is 32.5. The van der Waals surface area contributed by atoms with Gasteiger partial charge < -0.3 is 4.57 Å². The molecule has 0 saturated carbocycles. The van der Waals surface area contributed by atoms with E-state index >= 15 is 0 Å². The van der Waals surface area contributed by atoms with Gasteiger partial charge in [0, 0.05) is 21.9 Å². The third-order valence-corrected chi connectivity index (χ3v) is 14.9. The maximum absolute atomic E-state index is 2.46. The maximum Gasteiger partial charge on any atom is 0.0541 e. The zero-order valence-corrected chi connectivity index (χ0v) is 36.8. The van der Waals surface area contributed by atoms with Crippen molar-refractivity contribution in [2.45, 2.75) is 19.3 Å². The summed E-state index contributed by atoms with van der Waals surface area (Å²) in [5.41, 5.74) is 16.5. The van der Waals surface area contributed by atoms with Crippen LogP contribution in [0, 0.1) is 0 Å². The summed E-state index contributed by atoms with van der Waals surface area (Å²) in [6, 6.07) is 83.8. The lowest BCUT2D eigenvalue weighted by Gasteiger charge is -2.24. The van der Waals surface area contributed by atoms with E-state index < -0.39 is 0 Å². The summed E-state index contributed by atoms with van der Waals surface area (Å²) in [6.45, 7) is 4.83. The molecule has 13 aromatic rings. The van der Waals surface area contributed by atoms with E-state index in [-0.39, 0.29) is 5.41 Å². The molecule has 1 aromatic heterocycles. The monoisotopic (exact) mass is 837 g/mol. The van der Waals surface area contributed by atoms with Gasteiger partial charge in [0.2, 0.25) is 0 Å². The van der Waals surface area contributed by atoms with E-state index in [1.165, 1.54) is 137 Å². The third kappa shape index (κ3) is 5.23. The summed E-state index contributed by atoms with van der Waals surface area (Å²) in [5, 5.41) is 15.4. The van der Waals surface area contributed by atoms with Gasteiger partial charge in [-0.05, 0) is 164 Å². The summed E-state index contributed by atoms with van der Waals surface area (Å²) in [4.78, 5) is 0. The number of aromatic nitrogens is 1. The van der Waals surface area contributed by atoms with Gasteiger partial charge in [0.15, 0.2) is 0 Å². The normalized spacial score (nSPS) is 13.1. The first-order valence-corrected chi connectivity index (χ1v) is 23.2. The van der Waals surface area contributed by atoms with Crippen LogP contribution < -0.4 is 0 Å². The zero-order valence-electron chi connectivity index (χ0n) is 36.8. The lowest BCUT2D eigenvalue weighted by molar-refractivity contribution is 0.667. The second-order valence-electron chi connectivity index (χ2n) is 18.8. The molecule has 0 amide bonds. The SMILES string of the molecule is CC1(C)c2cc3ccccc3cc2-c2c1c1ccc(-c3cccc(-c4c5ccccc5c(-c5ccc6c(c5)c5ccccc5n6-c5ccccc5)c5ccccc45)c3)cc1c1ccccc21. The standard InChI is InChI=1S/C65H43N/c1-65(2)58-39-42-18-7-6-17-41(42)37-57(58)63-49-25-9-8-23-47(49)55-36-43(31-33-54(55)64(63)65)40-19-16-20-44(35-40)61-50-26-10-12-28-52(50)62(53-29-13-11-27-51(53)61)45-32-34-60-56(38-45)48-24-14-15-30-59(48)66(60)46-21-4-3-5-22-46/h3-39H,1-2H3. The zero-order chi connectivity index (χ0) is 43.7. The average molecular weight is 838 g/mol. The Bertz CT molecular complexity index is 4130. The highest BCUT2D eigenvalue weighted by atomic mass is 15.0. The third-order valence-electron chi connectivity index (χ3n) is 14.9. The van der Waals surface area contributed by atoms with E-state index in [4.69, 9.17) is 0 Å². The minimum Gasteiger partial charge on any atom is -0.309 e. The second kappa shape index (κ2) is 13.9. The summed E-state index contributed by atoms with van der Waals surface area (Å²) < 4.78 is 2.40. The van der Waals surface area contributed by atoms with Crippen molar-refractivity contribution in [3.8, 4) is 50.2 Å². The van der Waals surface area contributed by atoms with E-state index in [1.54, 1.807) is 0 Å². The molecular weight excluding hydrogens is 795 g/mol. The van der Waals surface area contributed by atoms with Crippen molar-refractivity contribution in [3.63, 3.8) is 0 Å². The molecular formula is C65H43N. The quantitative estimate of drug-likeness (QED) is 0.123. The molecule has 0 bridgehead atoms. The molecule has 0 fully saturated rings. The predicted octanol–water partition coefficient (Wildman–Crippen LogP) is 17.9. The largest absolute Gasteiger partial charge is 0.309 e. The molecule has 0 atom stereocenters. The fraction of sp³-hybridized carbons (Fsp3) is 0.0462. The number of nitrogens with zero attached hydrogens (tertiary/aromatic N) is 1. The first-order valence-electron chi connectivity index (χ1n) is 23.2. The van der Waals surface area contributed by atoms with Gasteiger partial charge in [-0.3, -0.25) is 0 Å². The van der Waals surface area contributed by atoms with E-state index in [2.05, 4.69) is 243 Å². The van der Waals surface area contributed by atoms with Crippen LogP contribution in [0.5, 0.6) is 0 Å². The molecule has 308 valence electrons. The predicted molar refractivity (Wildman–Crippen MR) is 282 cm³/mol. The molecule has 14 rings (SSSR count). The molecule has 0 radical (unpaired) electrons. The fourth-order valence-corrected chi connectivity index (χ4v) is 12.0. The van der Waals surface area contributed by atoms with Crippen molar-refractivity contribution in [1.82, 2.24) is 4.57 Å². The van der Waals surface area contributed by atoms with Crippen molar-refractivity contribution in [3.05, 3.63) is 236 Å². The molecule has 0 aliphatic heterocycles. The Morgan fingerprint density at radius 3 is 1.50 bits per heavy atom. The maximum atomic E-state index is 2.46. The number of benzene rings is 12. The van der Waals surface area contributed by atoms with Crippen LogP contribution in [0.2, 0.25) is 0 Å². The Morgan fingerprint density at radius 1 is 0.303 bits per heavy atom. The van der Waals surface area contributed by atoms with Gasteiger partial charge in [-0.1, -0.05) is 184 Å². The molecule has 0 unspecified atom stereocenters. The Balaban J connectivity index is 0.946. The smallest absolute Gasteiger partial charge is 0.0541 e. The van der Waals surface area contributed by atoms with E-state index in [1.807, 2.05) is 0 Å². The van der Waals surface area contributed by atoms with Crippen LogP contribution in [0.3, 0.4) is 0 Å². The van der Waals surface area contributed by atoms with Gasteiger partial charge in [-0.25, -0.2) is 0 Å². The van der Waals surface area contributed by atoms with Crippen LogP contribution >= 0.6 is 0 Å². The topological polar surface area (TPSA) is 4.93 Å². The minimum atomic E-state index is -0.153. The van der Waals surface area contributed by atoms with E-state index in [9.17, 15) is 0 Å². The highest BCUT2D eigenvalue weighted by Crippen LogP contribution is 2.56. The van der Waals surface area contributed by atoms with Gasteiger partial charge >= 0.3 is 0 Å². The molecule has 0 N–H and O–H groups in total. The van der Waals surface area contributed by atoms with Crippen LogP contribution in [0.1, 0.15) is 25.0 Å². The van der Waals surface area contributed by atoms with Crippen molar-refractivity contribution in [2.75, 3.05) is 0 Å². The summed E-state index contributed by atoms with van der Waals surface area (Å²) in [5.74, 6) is 0. The van der Waals surface area contributed by atoms with Crippen molar-refractivity contribution >= 4 is 75.7 Å². The molecule has 0 saturated heterocycles. The Hall–Kier alpha value is -8.26. The second-order valence-corrected chi connectivity index (χ2v) is 18.8. The summed E-state index contributed by atoms with van der Waals surface area (Å²) >= 11 is 0. The van der Waals surface area contributed by atoms with Crippen molar-refractivity contribution < 1.29 is 0 Å². The molecule has 12 aromatic carbocycles. The number of hydrogen-bond donors (Lipinski definition) is 0. The van der Waals surface area contributed by atoms with E-state index in [0.717, 1.165) is 0 Å². The summed E-state index contributed by atoms with van der Waals surface area (Å²) in [6.07, 6.45) is 0. The number of para-hydroxylation sites is 2.